The van der Waals surface area contributed by atoms with Crippen molar-refractivity contribution in [1.82, 2.24) is 10.6 Å². The first-order valence-corrected chi connectivity index (χ1v) is 11.1. The highest BCUT2D eigenvalue weighted by atomic mass is 35.5. The van der Waals surface area contributed by atoms with E-state index in [0.717, 1.165) is 24.0 Å². The second-order valence-electron chi connectivity index (χ2n) is 6.41. The topological polar surface area (TPSA) is 75.3 Å². The first-order valence-electron chi connectivity index (χ1n) is 8.67. The lowest BCUT2D eigenvalue weighted by Crippen LogP contribution is -2.38. The molecule has 2 amide bonds. The van der Waals surface area contributed by atoms with Crippen molar-refractivity contribution in [3.8, 4) is 0 Å². The number of nitrogens with one attached hydrogen (secondary N) is 2. The lowest BCUT2D eigenvalue weighted by Gasteiger charge is -2.15. The molecule has 0 heterocycles. The molecule has 2 aromatic carbocycles. The number of carbonyl (C=O) groups is 1. The van der Waals surface area contributed by atoms with E-state index in [4.69, 9.17) is 23.2 Å². The van der Waals surface area contributed by atoms with Crippen LogP contribution in [0.3, 0.4) is 0 Å². The van der Waals surface area contributed by atoms with Crippen LogP contribution in [0.25, 0.3) is 0 Å². The largest absolute Gasteiger partial charge is 0.338 e. The number of benzene rings is 2. The minimum atomic E-state index is -3.33. The third kappa shape index (κ3) is 4.75. The van der Waals surface area contributed by atoms with Crippen molar-refractivity contribution in [2.45, 2.75) is 30.2 Å². The number of amides is 2. The molecule has 1 unspecified atom stereocenters. The summed E-state index contributed by atoms with van der Waals surface area (Å²) in [6, 6.07) is 11.5. The second kappa shape index (κ2) is 8.50. The van der Waals surface area contributed by atoms with Crippen molar-refractivity contribution in [2.24, 2.45) is 0 Å². The van der Waals surface area contributed by atoms with Crippen molar-refractivity contribution >= 4 is 39.1 Å². The molecule has 27 heavy (non-hydrogen) atoms. The highest BCUT2D eigenvalue weighted by Crippen LogP contribution is 2.38. The van der Waals surface area contributed by atoms with Gasteiger partial charge >= 0.3 is 6.03 Å². The number of rotatable bonds is 6. The zero-order valence-corrected chi connectivity index (χ0v) is 16.9. The van der Waals surface area contributed by atoms with Crippen molar-refractivity contribution in [3.63, 3.8) is 0 Å². The van der Waals surface area contributed by atoms with Gasteiger partial charge < -0.3 is 10.6 Å². The zero-order valence-electron chi connectivity index (χ0n) is 14.5. The Morgan fingerprint density at radius 1 is 1.11 bits per heavy atom. The fourth-order valence-electron chi connectivity index (χ4n) is 3.20. The molecule has 5 nitrogen and oxygen atoms in total. The molecule has 2 N–H and O–H groups in total. The summed E-state index contributed by atoms with van der Waals surface area (Å²) in [4.78, 5) is 12.4. The maximum atomic E-state index is 12.2. The van der Waals surface area contributed by atoms with Crippen LogP contribution in [0.2, 0.25) is 10.0 Å². The van der Waals surface area contributed by atoms with Crippen molar-refractivity contribution in [3.05, 3.63) is 63.6 Å². The van der Waals surface area contributed by atoms with E-state index in [-0.39, 0.29) is 24.4 Å². The van der Waals surface area contributed by atoms with E-state index in [1.807, 2.05) is 6.07 Å². The van der Waals surface area contributed by atoms with E-state index in [1.165, 1.54) is 0 Å². The van der Waals surface area contributed by atoms with Gasteiger partial charge in [-0.3, -0.25) is 0 Å². The third-order valence-corrected chi connectivity index (χ3v) is 7.23. The van der Waals surface area contributed by atoms with Gasteiger partial charge in [0.15, 0.2) is 9.84 Å². The normalized spacial score (nSPS) is 16.0. The maximum absolute atomic E-state index is 12.2. The van der Waals surface area contributed by atoms with Gasteiger partial charge in [-0.1, -0.05) is 47.5 Å². The summed E-state index contributed by atoms with van der Waals surface area (Å²) in [5, 5.41) is 6.69. The predicted molar refractivity (Wildman–Crippen MR) is 107 cm³/mol. The average Bonchev–Trinajstić information content (AvgIpc) is 3.06. The summed E-state index contributed by atoms with van der Waals surface area (Å²) < 4.78 is 24.4. The number of sulfone groups is 1. The molecule has 0 saturated carbocycles. The van der Waals surface area contributed by atoms with Gasteiger partial charge in [-0.05, 0) is 48.6 Å². The maximum Gasteiger partial charge on any atom is 0.315 e. The Morgan fingerprint density at radius 3 is 2.59 bits per heavy atom. The van der Waals surface area contributed by atoms with Crippen LogP contribution in [-0.2, 0) is 16.3 Å². The standard InChI is InChI=1S/C19H20Cl2N2O3S/c20-16-9-7-14-15(18(16)21)8-10-17(14)23-19(24)22-11-4-12-27(25,26)13-5-2-1-3-6-13/h1-3,5-7,9,17H,4,8,10-12H2,(H2,22,23,24). The van der Waals surface area contributed by atoms with Crippen LogP contribution in [0.4, 0.5) is 4.79 Å². The highest BCUT2D eigenvalue weighted by Gasteiger charge is 2.26. The average molecular weight is 427 g/mol. The molecule has 0 saturated heterocycles. The lowest BCUT2D eigenvalue weighted by molar-refractivity contribution is 0.237. The lowest BCUT2D eigenvalue weighted by atomic mass is 10.1. The van der Waals surface area contributed by atoms with Gasteiger partial charge in [0, 0.05) is 6.54 Å². The summed E-state index contributed by atoms with van der Waals surface area (Å²) in [6.07, 6.45) is 1.85. The van der Waals surface area contributed by atoms with Crippen LogP contribution < -0.4 is 10.6 Å². The van der Waals surface area contributed by atoms with Gasteiger partial charge in [0.25, 0.3) is 0 Å². The molecule has 2 aromatic rings. The Hall–Kier alpha value is -1.76. The summed E-state index contributed by atoms with van der Waals surface area (Å²) in [5.41, 5.74) is 1.95. The minimum absolute atomic E-state index is 0.0162. The Balaban J connectivity index is 1.47. The number of hydrogen-bond acceptors (Lipinski definition) is 3. The van der Waals surface area contributed by atoms with E-state index in [9.17, 15) is 13.2 Å². The van der Waals surface area contributed by atoms with E-state index < -0.39 is 9.84 Å². The molecular formula is C19H20Cl2N2O3S. The van der Waals surface area contributed by atoms with Crippen LogP contribution in [0.5, 0.6) is 0 Å². The molecular weight excluding hydrogens is 407 g/mol. The van der Waals surface area contributed by atoms with Crippen LogP contribution in [0.1, 0.15) is 30.0 Å². The summed E-state index contributed by atoms with van der Waals surface area (Å²) >= 11 is 12.2. The molecule has 0 bridgehead atoms. The number of carbonyl (C=O) groups excluding carboxylic acids is 1. The molecule has 0 aliphatic heterocycles. The van der Waals surface area contributed by atoms with Gasteiger partial charge in [0.2, 0.25) is 0 Å². The summed E-state index contributed by atoms with van der Waals surface area (Å²) in [6.45, 7) is 0.277. The first-order chi connectivity index (χ1) is 12.9. The van der Waals surface area contributed by atoms with Gasteiger partial charge in [-0.2, -0.15) is 0 Å². The van der Waals surface area contributed by atoms with Crippen LogP contribution in [0, 0.1) is 0 Å². The molecule has 0 fully saturated rings. The molecule has 1 aliphatic carbocycles. The quantitative estimate of drug-likeness (QED) is 0.681. The molecule has 0 aromatic heterocycles. The van der Waals surface area contributed by atoms with Crippen molar-refractivity contribution in [1.29, 1.82) is 0 Å². The Bertz CT molecular complexity index is 933. The predicted octanol–water partition coefficient (Wildman–Crippen LogP) is 4.14. The first kappa shape index (κ1) is 20.0. The summed E-state index contributed by atoms with van der Waals surface area (Å²) in [5.74, 6) is -0.0162. The number of urea groups is 1. The molecule has 1 aliphatic rings. The fourth-order valence-corrected chi connectivity index (χ4v) is 4.98. The third-order valence-electron chi connectivity index (χ3n) is 4.57. The monoisotopic (exact) mass is 426 g/mol. The molecule has 1 atom stereocenters. The van der Waals surface area contributed by atoms with Crippen LogP contribution >= 0.6 is 23.2 Å². The Labute approximate surface area is 169 Å². The van der Waals surface area contributed by atoms with Gasteiger partial charge in [-0.15, -0.1) is 0 Å². The molecule has 8 heteroatoms. The SMILES string of the molecule is O=C(NCCCS(=O)(=O)c1ccccc1)NC1CCc2c1ccc(Cl)c2Cl. The smallest absolute Gasteiger partial charge is 0.315 e. The zero-order chi connectivity index (χ0) is 19.4. The molecule has 0 spiro atoms. The van der Waals surface area contributed by atoms with E-state index in [2.05, 4.69) is 10.6 Å². The minimum Gasteiger partial charge on any atom is -0.338 e. The highest BCUT2D eigenvalue weighted by molar-refractivity contribution is 7.91. The second-order valence-corrected chi connectivity index (χ2v) is 9.30. The van der Waals surface area contributed by atoms with Crippen molar-refractivity contribution < 1.29 is 13.2 Å². The number of fused-ring (bicyclic) bond motifs is 1. The van der Waals surface area contributed by atoms with Gasteiger partial charge in [-0.25, -0.2) is 13.2 Å². The van der Waals surface area contributed by atoms with Gasteiger partial charge in [0.05, 0.1) is 26.7 Å². The van der Waals surface area contributed by atoms with E-state index in [0.29, 0.717) is 21.4 Å². The van der Waals surface area contributed by atoms with Crippen LogP contribution in [-0.4, -0.2) is 26.7 Å². The fraction of sp³-hybridized carbons (Fsp3) is 0.316. The molecule has 3 rings (SSSR count). The van der Waals surface area contributed by atoms with Gasteiger partial charge in [0.1, 0.15) is 0 Å². The molecule has 0 radical (unpaired) electrons. The number of hydrogen-bond donors (Lipinski definition) is 2. The van der Waals surface area contributed by atoms with Crippen LogP contribution in [0.15, 0.2) is 47.4 Å². The molecule has 144 valence electrons. The Morgan fingerprint density at radius 2 is 1.85 bits per heavy atom. The summed E-state index contributed by atoms with van der Waals surface area (Å²) in [7, 11) is -3.33. The Kier molecular flexibility index (Phi) is 6.29. The number of halogens is 2. The van der Waals surface area contributed by atoms with E-state index in [1.54, 1.807) is 36.4 Å². The van der Waals surface area contributed by atoms with E-state index >= 15 is 0 Å². The van der Waals surface area contributed by atoms with Crippen molar-refractivity contribution in [2.75, 3.05) is 12.3 Å².